The van der Waals surface area contributed by atoms with Gasteiger partial charge in [0, 0.05) is 25.0 Å². The maximum Gasteiger partial charge on any atom is 0.485 e. The molecule has 0 atom stereocenters. The summed E-state index contributed by atoms with van der Waals surface area (Å²) in [5.41, 5.74) is 2.64. The topological polar surface area (TPSA) is 61.1 Å². The molecule has 33 heavy (non-hydrogen) atoms. The van der Waals surface area contributed by atoms with E-state index in [0.717, 1.165) is 25.7 Å². The van der Waals surface area contributed by atoms with Crippen molar-refractivity contribution in [2.75, 3.05) is 0 Å². The van der Waals surface area contributed by atoms with Gasteiger partial charge in [0.25, 0.3) is 0 Å². The molecule has 0 fully saturated rings. The van der Waals surface area contributed by atoms with E-state index in [1.54, 1.807) is 0 Å². The van der Waals surface area contributed by atoms with Crippen LogP contribution in [-0.4, -0.2) is 18.5 Å². The van der Waals surface area contributed by atoms with Crippen LogP contribution in [0.4, 0.5) is 13.2 Å². The van der Waals surface area contributed by atoms with Gasteiger partial charge in [-0.15, -0.1) is 0 Å². The normalized spacial score (nSPS) is 11.6. The van der Waals surface area contributed by atoms with Crippen LogP contribution in [0.1, 0.15) is 33.6 Å². The number of hydrogen-bond donors (Lipinski definition) is 0. The number of halogens is 3. The second-order valence-electron chi connectivity index (χ2n) is 7.94. The monoisotopic (exact) mass is 479 g/mol. The number of benzene rings is 2. The Morgan fingerprint density at radius 2 is 1.06 bits per heavy atom. The maximum absolute atomic E-state index is 10.7. The Labute approximate surface area is 193 Å². The Hall–Kier alpha value is -2.71. The summed E-state index contributed by atoms with van der Waals surface area (Å²) in [5.74, 6) is 0. The van der Waals surface area contributed by atoms with Crippen molar-refractivity contribution >= 4 is 10.1 Å². The van der Waals surface area contributed by atoms with Gasteiger partial charge in [0.05, 0.1) is 0 Å². The van der Waals surface area contributed by atoms with Gasteiger partial charge in [-0.05, 0) is 43.9 Å². The van der Waals surface area contributed by atoms with E-state index >= 15 is 0 Å². The second-order valence-corrected chi connectivity index (χ2v) is 9.31. The lowest BCUT2D eigenvalue weighted by molar-refractivity contribution is -0.686. The van der Waals surface area contributed by atoms with Crippen molar-refractivity contribution in [1.29, 1.82) is 0 Å². The molecule has 1 heterocycles. The molecule has 2 aromatic carbocycles. The van der Waals surface area contributed by atoms with Crippen molar-refractivity contribution in [2.45, 2.75) is 45.0 Å². The molecular formula is C25H28F3NO3S. The predicted molar refractivity (Wildman–Crippen MR) is 121 cm³/mol. The first-order chi connectivity index (χ1) is 15.4. The fraction of sp³-hybridized carbons (Fsp3) is 0.320. The van der Waals surface area contributed by atoms with Crippen LogP contribution in [0.5, 0.6) is 0 Å². The van der Waals surface area contributed by atoms with Crippen molar-refractivity contribution in [3.05, 3.63) is 100 Å². The highest BCUT2D eigenvalue weighted by Gasteiger charge is 2.36. The molecule has 178 valence electrons. The number of alkyl halides is 3. The standard InChI is InChI=1S/C24H28N.CHF3O3S/c1-19-7-11-21(12-8-19)15-17-23-5-4-6-24(25(23)3)18-16-22-13-9-20(2)10-14-22;2-1(3,4)8(5,6)7/h4-14H,15-18H2,1-3H3;(H,5,6,7)/q+1;/p-1. The summed E-state index contributed by atoms with van der Waals surface area (Å²) in [6, 6.07) is 24.5. The number of aryl methyl sites for hydroxylation is 6. The molecule has 0 N–H and O–H groups in total. The predicted octanol–water partition coefficient (Wildman–Crippen LogP) is 4.75. The van der Waals surface area contributed by atoms with Crippen LogP contribution < -0.4 is 4.57 Å². The van der Waals surface area contributed by atoms with E-state index in [1.165, 1.54) is 33.6 Å². The molecule has 0 bridgehead atoms. The lowest BCUT2D eigenvalue weighted by Crippen LogP contribution is -2.38. The smallest absolute Gasteiger partial charge is 0.485 e. The van der Waals surface area contributed by atoms with Gasteiger partial charge in [-0.25, -0.2) is 13.0 Å². The van der Waals surface area contributed by atoms with Gasteiger partial charge in [-0.3, -0.25) is 0 Å². The second kappa shape index (κ2) is 11.4. The molecule has 3 rings (SSSR count). The lowest BCUT2D eigenvalue weighted by atomic mass is 10.0. The number of aromatic nitrogens is 1. The highest BCUT2D eigenvalue weighted by atomic mass is 32.2. The van der Waals surface area contributed by atoms with Gasteiger partial charge in [0.2, 0.25) is 0 Å². The number of hydrogen-bond acceptors (Lipinski definition) is 3. The van der Waals surface area contributed by atoms with Crippen LogP contribution in [0, 0.1) is 13.8 Å². The SMILES string of the molecule is Cc1ccc(CCc2cccc(CCc3ccc(C)cc3)[n+]2C)cc1.O=S(=O)([O-])C(F)(F)F. The quantitative estimate of drug-likeness (QED) is 0.291. The first-order valence-electron chi connectivity index (χ1n) is 10.5. The van der Waals surface area contributed by atoms with Crippen molar-refractivity contribution in [3.8, 4) is 0 Å². The number of rotatable bonds is 6. The lowest BCUT2D eigenvalue weighted by Gasteiger charge is -2.08. The van der Waals surface area contributed by atoms with E-state index < -0.39 is 15.6 Å². The van der Waals surface area contributed by atoms with Crippen LogP contribution in [0.25, 0.3) is 0 Å². The summed E-state index contributed by atoms with van der Waals surface area (Å²) < 4.78 is 61.3. The Morgan fingerprint density at radius 3 is 1.36 bits per heavy atom. The number of nitrogens with zero attached hydrogens (tertiary/aromatic N) is 1. The minimum atomic E-state index is -6.09. The van der Waals surface area contributed by atoms with Gasteiger partial charge >= 0.3 is 5.51 Å². The minimum Gasteiger partial charge on any atom is -0.741 e. The first-order valence-corrected chi connectivity index (χ1v) is 11.9. The van der Waals surface area contributed by atoms with Crippen molar-refractivity contribution in [1.82, 2.24) is 0 Å². The van der Waals surface area contributed by atoms with E-state index in [-0.39, 0.29) is 0 Å². The van der Waals surface area contributed by atoms with Gasteiger partial charge in [-0.1, -0.05) is 59.7 Å². The molecule has 0 aliphatic rings. The van der Waals surface area contributed by atoms with Crippen LogP contribution in [0.2, 0.25) is 0 Å². The zero-order chi connectivity index (χ0) is 24.6. The van der Waals surface area contributed by atoms with E-state index in [4.69, 9.17) is 13.0 Å². The molecule has 0 saturated heterocycles. The molecule has 4 nitrogen and oxygen atoms in total. The fourth-order valence-corrected chi connectivity index (χ4v) is 3.23. The molecule has 1 aromatic heterocycles. The Balaban J connectivity index is 0.000000414. The van der Waals surface area contributed by atoms with E-state index in [1.807, 2.05) is 0 Å². The first kappa shape index (κ1) is 26.5. The molecular weight excluding hydrogens is 451 g/mol. The van der Waals surface area contributed by atoms with Crippen molar-refractivity contribution in [3.63, 3.8) is 0 Å². The molecule has 0 amide bonds. The van der Waals surface area contributed by atoms with Crippen LogP contribution in [-0.2, 0) is 42.8 Å². The summed E-state index contributed by atoms with van der Waals surface area (Å²) in [4.78, 5) is 0. The third-order valence-corrected chi connectivity index (χ3v) is 5.87. The van der Waals surface area contributed by atoms with E-state index in [2.05, 4.69) is 92.2 Å². The highest BCUT2D eigenvalue weighted by Crippen LogP contribution is 2.20. The maximum atomic E-state index is 10.7. The average Bonchev–Trinajstić information content (AvgIpc) is 2.73. The minimum absolute atomic E-state index is 1.08. The van der Waals surface area contributed by atoms with Crippen molar-refractivity contribution < 1.29 is 30.7 Å². The Kier molecular flexibility index (Phi) is 9.19. The van der Waals surface area contributed by atoms with Gasteiger partial charge in [-0.2, -0.15) is 13.2 Å². The third-order valence-electron chi connectivity index (χ3n) is 5.30. The Morgan fingerprint density at radius 1 is 0.727 bits per heavy atom. The van der Waals surface area contributed by atoms with Crippen LogP contribution in [0.15, 0.2) is 66.7 Å². The molecule has 3 aromatic rings. The average molecular weight is 480 g/mol. The molecule has 8 heteroatoms. The van der Waals surface area contributed by atoms with E-state index in [0.29, 0.717) is 0 Å². The molecule has 0 saturated carbocycles. The zero-order valence-corrected chi connectivity index (χ0v) is 19.7. The van der Waals surface area contributed by atoms with Gasteiger partial charge in [0.1, 0.15) is 7.05 Å². The molecule has 0 aliphatic carbocycles. The Bertz CT molecular complexity index is 1070. The van der Waals surface area contributed by atoms with Gasteiger partial charge < -0.3 is 4.55 Å². The summed E-state index contributed by atoms with van der Waals surface area (Å²) >= 11 is 0. The van der Waals surface area contributed by atoms with Crippen molar-refractivity contribution in [2.24, 2.45) is 7.05 Å². The largest absolute Gasteiger partial charge is 0.741 e. The summed E-state index contributed by atoms with van der Waals surface area (Å²) in [5, 5.41) is 0. The molecule has 0 aliphatic heterocycles. The fourth-order valence-electron chi connectivity index (χ4n) is 3.23. The van der Waals surface area contributed by atoms with Crippen LogP contribution in [0.3, 0.4) is 0 Å². The molecule has 0 radical (unpaired) electrons. The highest BCUT2D eigenvalue weighted by molar-refractivity contribution is 7.86. The zero-order valence-electron chi connectivity index (χ0n) is 18.9. The summed E-state index contributed by atoms with van der Waals surface area (Å²) in [6.45, 7) is 4.28. The third kappa shape index (κ3) is 8.63. The molecule has 0 spiro atoms. The van der Waals surface area contributed by atoms with Crippen LogP contribution >= 0.6 is 0 Å². The van der Waals surface area contributed by atoms with E-state index in [9.17, 15) is 13.2 Å². The van der Waals surface area contributed by atoms with Gasteiger partial charge in [0.15, 0.2) is 21.5 Å². The number of pyridine rings is 1. The molecule has 0 unspecified atom stereocenters. The summed E-state index contributed by atoms with van der Waals surface area (Å²) in [7, 11) is -3.89. The summed E-state index contributed by atoms with van der Waals surface area (Å²) in [6.07, 6.45) is 4.35.